The molecule has 2 aromatic carbocycles. The standard InChI is InChI=1S/C28H32O5/c1-4-25-21(14-15-23(25)19-33-27-9-7-6-8-26(27)31-3)16-17-24(29)18-20-10-12-22(13-11-20)28(30)32-5-2/h6-15,25H,4-5,16-19H2,1-3H3. The van der Waals surface area contributed by atoms with E-state index in [0.29, 0.717) is 37.5 Å². The fraction of sp³-hybridized carbons (Fsp3) is 0.357. The van der Waals surface area contributed by atoms with Crippen molar-refractivity contribution in [2.45, 2.75) is 39.5 Å². The fourth-order valence-electron chi connectivity index (χ4n) is 4.09. The second-order valence-electron chi connectivity index (χ2n) is 8.02. The van der Waals surface area contributed by atoms with Gasteiger partial charge in [-0.25, -0.2) is 4.79 Å². The van der Waals surface area contributed by atoms with Gasteiger partial charge in [-0.3, -0.25) is 4.79 Å². The average molecular weight is 449 g/mol. The highest BCUT2D eigenvalue weighted by molar-refractivity contribution is 5.89. The molecular formula is C28H32O5. The van der Waals surface area contributed by atoms with E-state index in [1.54, 1.807) is 26.2 Å². The average Bonchev–Trinajstić information content (AvgIpc) is 3.24. The maximum absolute atomic E-state index is 12.6. The van der Waals surface area contributed by atoms with Crippen molar-refractivity contribution >= 4 is 11.8 Å². The van der Waals surface area contributed by atoms with Crippen molar-refractivity contribution in [3.63, 3.8) is 0 Å². The predicted octanol–water partition coefficient (Wildman–Crippen LogP) is 5.74. The highest BCUT2D eigenvalue weighted by Crippen LogP contribution is 2.34. The summed E-state index contributed by atoms with van der Waals surface area (Å²) in [5, 5.41) is 0. The molecule has 5 nitrogen and oxygen atoms in total. The van der Waals surface area contributed by atoms with Gasteiger partial charge in [0.1, 0.15) is 12.4 Å². The summed E-state index contributed by atoms with van der Waals surface area (Å²) in [7, 11) is 1.64. The molecule has 2 aromatic rings. The Bertz CT molecular complexity index is 1020. The highest BCUT2D eigenvalue weighted by atomic mass is 16.5. The second kappa shape index (κ2) is 12.0. The Labute approximate surface area is 196 Å². The van der Waals surface area contributed by atoms with Gasteiger partial charge in [0.05, 0.1) is 19.3 Å². The van der Waals surface area contributed by atoms with Crippen LogP contribution < -0.4 is 9.47 Å². The fourth-order valence-corrected chi connectivity index (χ4v) is 4.09. The van der Waals surface area contributed by atoms with E-state index in [1.807, 2.05) is 36.4 Å². The Morgan fingerprint density at radius 3 is 2.27 bits per heavy atom. The van der Waals surface area contributed by atoms with E-state index in [2.05, 4.69) is 19.1 Å². The lowest BCUT2D eigenvalue weighted by Gasteiger charge is -2.19. The summed E-state index contributed by atoms with van der Waals surface area (Å²) in [4.78, 5) is 24.3. The minimum absolute atomic E-state index is 0.188. The van der Waals surface area contributed by atoms with Crippen LogP contribution in [0.4, 0.5) is 0 Å². The third kappa shape index (κ3) is 6.58. The molecule has 1 aliphatic carbocycles. The number of Topliss-reactive ketones (excluding diaryl/α,β-unsaturated/α-hetero) is 1. The lowest BCUT2D eigenvalue weighted by atomic mass is 9.89. The quantitative estimate of drug-likeness (QED) is 0.388. The number of carbonyl (C=O) groups excluding carboxylic acids is 2. The minimum Gasteiger partial charge on any atom is -0.493 e. The molecule has 33 heavy (non-hydrogen) atoms. The number of rotatable bonds is 12. The maximum atomic E-state index is 12.6. The molecule has 174 valence electrons. The number of hydrogen-bond acceptors (Lipinski definition) is 5. The minimum atomic E-state index is -0.341. The zero-order valence-corrected chi connectivity index (χ0v) is 19.6. The Kier molecular flexibility index (Phi) is 8.87. The van der Waals surface area contributed by atoms with E-state index in [9.17, 15) is 9.59 Å². The molecule has 0 saturated heterocycles. The van der Waals surface area contributed by atoms with Gasteiger partial charge in [0.2, 0.25) is 0 Å². The van der Waals surface area contributed by atoms with Crippen molar-refractivity contribution in [1.29, 1.82) is 0 Å². The van der Waals surface area contributed by atoms with Gasteiger partial charge < -0.3 is 14.2 Å². The Morgan fingerprint density at radius 1 is 0.909 bits per heavy atom. The zero-order valence-electron chi connectivity index (χ0n) is 19.6. The first-order valence-electron chi connectivity index (χ1n) is 11.5. The van der Waals surface area contributed by atoms with Gasteiger partial charge in [-0.1, -0.05) is 48.9 Å². The number of esters is 1. The van der Waals surface area contributed by atoms with Gasteiger partial charge in [0.25, 0.3) is 0 Å². The van der Waals surface area contributed by atoms with Gasteiger partial charge in [-0.2, -0.15) is 0 Å². The van der Waals surface area contributed by atoms with Crippen molar-refractivity contribution in [2.24, 2.45) is 5.92 Å². The summed E-state index contributed by atoms with van der Waals surface area (Å²) < 4.78 is 16.4. The smallest absolute Gasteiger partial charge is 0.338 e. The number of benzene rings is 2. The molecule has 0 amide bonds. The molecule has 1 aliphatic rings. The summed E-state index contributed by atoms with van der Waals surface area (Å²) in [6.07, 6.45) is 6.83. The molecule has 1 unspecified atom stereocenters. The lowest BCUT2D eigenvalue weighted by molar-refractivity contribution is -0.118. The number of para-hydroxylation sites is 2. The van der Waals surface area contributed by atoms with Crippen LogP contribution in [0.25, 0.3) is 0 Å². The molecule has 0 N–H and O–H groups in total. The SMILES string of the molecule is CCOC(=O)c1ccc(CC(=O)CCC2=CC=C(COc3ccccc3OC)C2CC)cc1. The molecule has 1 atom stereocenters. The number of ether oxygens (including phenoxy) is 3. The molecular weight excluding hydrogens is 416 g/mol. The van der Waals surface area contributed by atoms with Crippen molar-refractivity contribution in [2.75, 3.05) is 20.3 Å². The molecule has 0 aliphatic heterocycles. The zero-order chi connectivity index (χ0) is 23.6. The summed E-state index contributed by atoms with van der Waals surface area (Å²) in [6.45, 7) is 4.78. The maximum Gasteiger partial charge on any atom is 0.338 e. The molecule has 0 aromatic heterocycles. The normalized spacial score (nSPS) is 14.9. The Hall–Kier alpha value is -3.34. The second-order valence-corrected chi connectivity index (χ2v) is 8.02. The van der Waals surface area contributed by atoms with Crippen LogP contribution in [0.2, 0.25) is 0 Å². The summed E-state index contributed by atoms with van der Waals surface area (Å²) in [5.41, 5.74) is 3.91. The first-order valence-corrected chi connectivity index (χ1v) is 11.5. The van der Waals surface area contributed by atoms with E-state index in [1.165, 1.54) is 11.1 Å². The van der Waals surface area contributed by atoms with Gasteiger partial charge in [0, 0.05) is 18.8 Å². The molecule has 0 fully saturated rings. The van der Waals surface area contributed by atoms with E-state index >= 15 is 0 Å². The number of allylic oxidation sites excluding steroid dienone is 3. The molecule has 0 heterocycles. The number of methoxy groups -OCH3 is 1. The van der Waals surface area contributed by atoms with Gasteiger partial charge in [-0.05, 0) is 55.2 Å². The number of ketones is 1. The van der Waals surface area contributed by atoms with E-state index in [-0.39, 0.29) is 11.8 Å². The van der Waals surface area contributed by atoms with E-state index in [0.717, 1.165) is 29.9 Å². The van der Waals surface area contributed by atoms with Crippen LogP contribution in [0.5, 0.6) is 11.5 Å². The molecule has 0 bridgehead atoms. The lowest BCUT2D eigenvalue weighted by Crippen LogP contribution is -2.12. The molecule has 5 heteroatoms. The first-order chi connectivity index (χ1) is 16.0. The Balaban J connectivity index is 1.48. The molecule has 3 rings (SSSR count). The van der Waals surface area contributed by atoms with Crippen LogP contribution >= 0.6 is 0 Å². The molecule has 0 radical (unpaired) electrons. The molecule has 0 saturated carbocycles. The van der Waals surface area contributed by atoms with Crippen LogP contribution in [0, 0.1) is 5.92 Å². The van der Waals surface area contributed by atoms with E-state index in [4.69, 9.17) is 14.2 Å². The Morgan fingerprint density at radius 2 is 1.61 bits per heavy atom. The third-order valence-corrected chi connectivity index (χ3v) is 5.84. The third-order valence-electron chi connectivity index (χ3n) is 5.84. The largest absolute Gasteiger partial charge is 0.493 e. The monoisotopic (exact) mass is 448 g/mol. The van der Waals surface area contributed by atoms with Crippen LogP contribution in [-0.4, -0.2) is 32.1 Å². The number of hydrogen-bond donors (Lipinski definition) is 0. The van der Waals surface area contributed by atoms with Crippen molar-refractivity contribution in [3.8, 4) is 11.5 Å². The molecule has 0 spiro atoms. The van der Waals surface area contributed by atoms with Crippen LogP contribution in [0.3, 0.4) is 0 Å². The van der Waals surface area contributed by atoms with Crippen molar-refractivity contribution in [3.05, 3.63) is 83.0 Å². The summed E-state index contributed by atoms with van der Waals surface area (Å²) in [6, 6.07) is 14.7. The van der Waals surface area contributed by atoms with Gasteiger partial charge in [-0.15, -0.1) is 0 Å². The van der Waals surface area contributed by atoms with Crippen LogP contribution in [0.1, 0.15) is 49.0 Å². The number of carbonyl (C=O) groups is 2. The van der Waals surface area contributed by atoms with Gasteiger partial charge >= 0.3 is 5.97 Å². The summed E-state index contributed by atoms with van der Waals surface area (Å²) in [5.74, 6) is 1.60. The van der Waals surface area contributed by atoms with Crippen molar-refractivity contribution < 1.29 is 23.8 Å². The highest BCUT2D eigenvalue weighted by Gasteiger charge is 2.22. The van der Waals surface area contributed by atoms with Crippen LogP contribution in [0.15, 0.2) is 71.8 Å². The summed E-state index contributed by atoms with van der Waals surface area (Å²) >= 11 is 0. The van der Waals surface area contributed by atoms with Gasteiger partial charge in [0.15, 0.2) is 11.5 Å². The topological polar surface area (TPSA) is 61.8 Å². The predicted molar refractivity (Wildman–Crippen MR) is 129 cm³/mol. The van der Waals surface area contributed by atoms with Crippen molar-refractivity contribution in [1.82, 2.24) is 0 Å². The van der Waals surface area contributed by atoms with Crippen LogP contribution in [-0.2, 0) is 16.0 Å². The first kappa shape index (κ1) is 24.3. The van der Waals surface area contributed by atoms with E-state index < -0.39 is 0 Å².